The highest BCUT2D eigenvalue weighted by molar-refractivity contribution is 9.10. The van der Waals surface area contributed by atoms with Crippen LogP contribution in [0.5, 0.6) is 0 Å². The van der Waals surface area contributed by atoms with E-state index in [2.05, 4.69) is 34.8 Å². The van der Waals surface area contributed by atoms with Crippen LogP contribution in [-0.2, 0) is 6.42 Å². The third-order valence-corrected chi connectivity index (χ3v) is 3.33. The summed E-state index contributed by atoms with van der Waals surface area (Å²) in [5, 5.41) is 0.159. The molecule has 1 unspecified atom stereocenters. The van der Waals surface area contributed by atoms with Gasteiger partial charge in [0.25, 0.3) is 0 Å². The number of hydrogen-bond acceptors (Lipinski definition) is 1. The van der Waals surface area contributed by atoms with Crippen molar-refractivity contribution < 1.29 is 0 Å². The first kappa shape index (κ1) is 11.0. The van der Waals surface area contributed by atoms with Crippen LogP contribution in [0, 0.1) is 5.92 Å². The number of pyridine rings is 1. The van der Waals surface area contributed by atoms with Gasteiger partial charge in [-0.05, 0) is 34.0 Å². The van der Waals surface area contributed by atoms with Crippen molar-refractivity contribution in [3.05, 3.63) is 28.5 Å². The van der Waals surface area contributed by atoms with Gasteiger partial charge in [-0.1, -0.05) is 13.8 Å². The topological polar surface area (TPSA) is 12.9 Å². The molecule has 3 heteroatoms. The average Bonchev–Trinajstić information content (AvgIpc) is 2.08. The zero-order valence-electron chi connectivity index (χ0n) is 7.80. The summed E-state index contributed by atoms with van der Waals surface area (Å²) in [6.45, 7) is 4.24. The van der Waals surface area contributed by atoms with Gasteiger partial charge >= 0.3 is 0 Å². The molecular formula is C10H13BrClN. The molecule has 0 saturated heterocycles. The molecule has 0 saturated carbocycles. The molecule has 72 valence electrons. The quantitative estimate of drug-likeness (QED) is 0.758. The Morgan fingerprint density at radius 2 is 2.23 bits per heavy atom. The first-order valence-corrected chi connectivity index (χ1v) is 5.57. The summed E-state index contributed by atoms with van der Waals surface area (Å²) < 4.78 is 1.04. The van der Waals surface area contributed by atoms with Gasteiger partial charge in [0.1, 0.15) is 0 Å². The zero-order chi connectivity index (χ0) is 9.84. The lowest BCUT2D eigenvalue weighted by Gasteiger charge is -2.13. The van der Waals surface area contributed by atoms with Crippen molar-refractivity contribution in [2.24, 2.45) is 5.92 Å². The fraction of sp³-hybridized carbons (Fsp3) is 0.500. The predicted octanol–water partition coefficient (Wildman–Crippen LogP) is 3.65. The summed E-state index contributed by atoms with van der Waals surface area (Å²) in [7, 11) is 0. The second kappa shape index (κ2) is 4.97. The van der Waals surface area contributed by atoms with Gasteiger partial charge in [0.2, 0.25) is 0 Å². The molecule has 0 aromatic carbocycles. The summed E-state index contributed by atoms with van der Waals surface area (Å²) in [6.07, 6.45) is 2.62. The van der Waals surface area contributed by atoms with Crippen LogP contribution in [0.4, 0.5) is 0 Å². The average molecular weight is 263 g/mol. The number of rotatable bonds is 3. The molecule has 0 bridgehead atoms. The smallest absolute Gasteiger partial charge is 0.0560 e. The van der Waals surface area contributed by atoms with Gasteiger partial charge in [-0.25, -0.2) is 0 Å². The van der Waals surface area contributed by atoms with E-state index >= 15 is 0 Å². The van der Waals surface area contributed by atoms with Gasteiger partial charge in [-0.2, -0.15) is 0 Å². The van der Waals surface area contributed by atoms with Crippen molar-refractivity contribution >= 4 is 27.5 Å². The maximum Gasteiger partial charge on any atom is 0.0560 e. The molecule has 0 amide bonds. The van der Waals surface area contributed by atoms with E-state index in [9.17, 15) is 0 Å². The second-order valence-corrected chi connectivity index (χ2v) is 4.81. The van der Waals surface area contributed by atoms with Crippen LogP contribution in [0.1, 0.15) is 19.5 Å². The van der Waals surface area contributed by atoms with Crippen LogP contribution in [0.25, 0.3) is 0 Å². The van der Waals surface area contributed by atoms with E-state index in [-0.39, 0.29) is 5.38 Å². The van der Waals surface area contributed by atoms with Crippen molar-refractivity contribution in [3.8, 4) is 0 Å². The Bertz CT molecular complexity index is 275. The molecule has 1 rings (SSSR count). The van der Waals surface area contributed by atoms with E-state index in [1.165, 1.54) is 0 Å². The Morgan fingerprint density at radius 3 is 2.77 bits per heavy atom. The van der Waals surface area contributed by atoms with Gasteiger partial charge in [-0.15, -0.1) is 11.6 Å². The van der Waals surface area contributed by atoms with Gasteiger partial charge in [-0.3, -0.25) is 4.98 Å². The molecule has 1 atom stereocenters. The normalized spacial score (nSPS) is 13.3. The van der Waals surface area contributed by atoms with Crippen LogP contribution < -0.4 is 0 Å². The molecule has 0 aliphatic carbocycles. The monoisotopic (exact) mass is 261 g/mol. The largest absolute Gasteiger partial charge is 0.260 e. The van der Waals surface area contributed by atoms with Crippen molar-refractivity contribution in [3.63, 3.8) is 0 Å². The Morgan fingerprint density at radius 1 is 1.54 bits per heavy atom. The van der Waals surface area contributed by atoms with Crippen LogP contribution >= 0.6 is 27.5 Å². The van der Waals surface area contributed by atoms with Gasteiger partial charge in [0.15, 0.2) is 0 Å². The fourth-order valence-corrected chi connectivity index (χ4v) is 1.55. The minimum absolute atomic E-state index is 0.159. The zero-order valence-corrected chi connectivity index (χ0v) is 10.1. The van der Waals surface area contributed by atoms with Crippen LogP contribution in [-0.4, -0.2) is 10.4 Å². The summed E-state index contributed by atoms with van der Waals surface area (Å²) >= 11 is 9.61. The van der Waals surface area contributed by atoms with E-state index in [1.807, 2.05) is 12.1 Å². The molecule has 13 heavy (non-hydrogen) atoms. The minimum Gasteiger partial charge on any atom is -0.260 e. The van der Waals surface area contributed by atoms with E-state index in [4.69, 9.17) is 11.6 Å². The SMILES string of the molecule is CC(C)C(Cl)Cc1ncccc1Br. The molecule has 1 aromatic rings. The summed E-state index contributed by atoms with van der Waals surface area (Å²) in [5.74, 6) is 0.482. The van der Waals surface area contributed by atoms with E-state index in [0.29, 0.717) is 5.92 Å². The lowest BCUT2D eigenvalue weighted by atomic mass is 10.1. The summed E-state index contributed by atoms with van der Waals surface area (Å²) in [5.41, 5.74) is 1.04. The standard InChI is InChI=1S/C10H13BrClN/c1-7(2)9(12)6-10-8(11)4-3-5-13-10/h3-5,7,9H,6H2,1-2H3. The number of alkyl halides is 1. The maximum absolute atomic E-state index is 6.16. The van der Waals surface area contributed by atoms with E-state index in [0.717, 1.165) is 16.6 Å². The molecule has 1 heterocycles. The molecule has 0 fully saturated rings. The predicted molar refractivity (Wildman–Crippen MR) is 60.1 cm³/mol. The summed E-state index contributed by atoms with van der Waals surface area (Å²) in [4.78, 5) is 4.27. The first-order valence-electron chi connectivity index (χ1n) is 4.34. The molecule has 0 spiro atoms. The Hall–Kier alpha value is -0.0800. The Balaban J connectivity index is 2.69. The highest BCUT2D eigenvalue weighted by Gasteiger charge is 2.12. The number of halogens is 2. The number of nitrogens with zero attached hydrogens (tertiary/aromatic N) is 1. The van der Waals surface area contributed by atoms with Crippen molar-refractivity contribution in [2.45, 2.75) is 25.6 Å². The van der Waals surface area contributed by atoms with Crippen molar-refractivity contribution in [2.75, 3.05) is 0 Å². The van der Waals surface area contributed by atoms with Gasteiger partial charge < -0.3 is 0 Å². The molecular weight excluding hydrogens is 249 g/mol. The van der Waals surface area contributed by atoms with E-state index in [1.54, 1.807) is 6.20 Å². The lowest BCUT2D eigenvalue weighted by molar-refractivity contribution is 0.590. The molecule has 0 aliphatic heterocycles. The van der Waals surface area contributed by atoms with Gasteiger partial charge in [0, 0.05) is 22.5 Å². The number of hydrogen-bond donors (Lipinski definition) is 0. The highest BCUT2D eigenvalue weighted by atomic mass is 79.9. The third-order valence-electron chi connectivity index (χ3n) is 1.95. The molecule has 0 aliphatic rings. The molecule has 1 aromatic heterocycles. The van der Waals surface area contributed by atoms with E-state index < -0.39 is 0 Å². The van der Waals surface area contributed by atoms with Crippen molar-refractivity contribution in [1.29, 1.82) is 0 Å². The summed E-state index contributed by atoms with van der Waals surface area (Å²) in [6, 6.07) is 3.90. The van der Waals surface area contributed by atoms with Crippen LogP contribution in [0.2, 0.25) is 0 Å². The second-order valence-electron chi connectivity index (χ2n) is 3.40. The fourth-order valence-electron chi connectivity index (χ4n) is 0.989. The van der Waals surface area contributed by atoms with Crippen LogP contribution in [0.3, 0.4) is 0 Å². The Labute approximate surface area is 92.6 Å². The Kier molecular flexibility index (Phi) is 4.20. The third kappa shape index (κ3) is 3.28. The maximum atomic E-state index is 6.16. The number of aromatic nitrogens is 1. The highest BCUT2D eigenvalue weighted by Crippen LogP contribution is 2.20. The first-order chi connectivity index (χ1) is 6.11. The molecule has 0 N–H and O–H groups in total. The minimum atomic E-state index is 0.159. The van der Waals surface area contributed by atoms with Gasteiger partial charge in [0.05, 0.1) is 5.69 Å². The molecule has 1 nitrogen and oxygen atoms in total. The van der Waals surface area contributed by atoms with Crippen molar-refractivity contribution in [1.82, 2.24) is 4.98 Å². The lowest BCUT2D eigenvalue weighted by Crippen LogP contribution is -2.12. The van der Waals surface area contributed by atoms with Crippen LogP contribution in [0.15, 0.2) is 22.8 Å². The molecule has 0 radical (unpaired) electrons.